The summed E-state index contributed by atoms with van der Waals surface area (Å²) in [6.07, 6.45) is 2.49. The number of methoxy groups -OCH3 is 1. The normalized spacial score (nSPS) is 16.7. The number of nitrogens with zero attached hydrogens (tertiary/aromatic N) is 1. The van der Waals surface area contributed by atoms with Crippen LogP contribution in [0.3, 0.4) is 0 Å². The third-order valence-electron chi connectivity index (χ3n) is 3.71. The molecule has 1 heterocycles. The molecule has 0 N–H and O–H groups in total. The van der Waals surface area contributed by atoms with Gasteiger partial charge in [0, 0.05) is 18.7 Å². The van der Waals surface area contributed by atoms with Gasteiger partial charge in [-0.15, -0.1) is 0 Å². The molecular formula is C15H21NOS. The summed E-state index contributed by atoms with van der Waals surface area (Å²) < 4.78 is 5.28. The van der Waals surface area contributed by atoms with Crippen LogP contribution in [0.5, 0.6) is 5.75 Å². The van der Waals surface area contributed by atoms with Gasteiger partial charge in [0.25, 0.3) is 0 Å². The topological polar surface area (TPSA) is 12.5 Å². The van der Waals surface area contributed by atoms with Crippen molar-refractivity contribution in [3.63, 3.8) is 0 Å². The maximum Gasteiger partial charge on any atom is 0.121 e. The predicted octanol–water partition coefficient (Wildman–Crippen LogP) is 3.41. The molecule has 2 rings (SSSR count). The minimum atomic E-state index is 0.835. The molecule has 0 atom stereocenters. The van der Waals surface area contributed by atoms with Crippen molar-refractivity contribution in [3.8, 4) is 5.75 Å². The molecule has 1 fully saturated rings. The molecule has 1 saturated heterocycles. The molecule has 2 nitrogen and oxygen atoms in total. The number of hydrogen-bond acceptors (Lipinski definition) is 2. The maximum absolute atomic E-state index is 5.60. The fraction of sp³-hybridized carbons (Fsp3) is 0.533. The van der Waals surface area contributed by atoms with Gasteiger partial charge in [0.2, 0.25) is 0 Å². The second-order valence-electron chi connectivity index (χ2n) is 5.16. The van der Waals surface area contributed by atoms with Gasteiger partial charge in [-0.3, -0.25) is 0 Å². The first kappa shape index (κ1) is 13.3. The van der Waals surface area contributed by atoms with Crippen LogP contribution in [0.2, 0.25) is 0 Å². The molecule has 0 saturated carbocycles. The zero-order valence-electron chi connectivity index (χ0n) is 11.4. The average Bonchev–Trinajstić information content (AvgIpc) is 2.38. The quantitative estimate of drug-likeness (QED) is 0.759. The molecule has 0 amide bonds. The number of benzene rings is 1. The smallest absolute Gasteiger partial charge is 0.121 e. The second kappa shape index (κ2) is 5.70. The summed E-state index contributed by atoms with van der Waals surface area (Å²) in [7, 11) is 1.70. The molecule has 0 unspecified atom stereocenters. The van der Waals surface area contributed by atoms with Crippen LogP contribution in [0.15, 0.2) is 18.2 Å². The highest BCUT2D eigenvalue weighted by Gasteiger charge is 2.19. The molecule has 1 aliphatic rings. The van der Waals surface area contributed by atoms with E-state index in [9.17, 15) is 0 Å². The minimum absolute atomic E-state index is 0.835. The number of hydrogen-bond donors (Lipinski definition) is 0. The summed E-state index contributed by atoms with van der Waals surface area (Å²) in [6.45, 7) is 6.55. The van der Waals surface area contributed by atoms with Crippen LogP contribution in [0, 0.1) is 12.8 Å². The fourth-order valence-corrected chi connectivity index (χ4v) is 2.72. The second-order valence-corrected chi connectivity index (χ2v) is 5.55. The lowest BCUT2D eigenvalue weighted by molar-refractivity contribution is 0.284. The van der Waals surface area contributed by atoms with Crippen molar-refractivity contribution in [1.29, 1.82) is 0 Å². The Kier molecular flexibility index (Phi) is 4.23. The number of likely N-dealkylation sites (tertiary alicyclic amines) is 1. The first-order valence-corrected chi connectivity index (χ1v) is 6.96. The maximum atomic E-state index is 5.60. The van der Waals surface area contributed by atoms with Gasteiger partial charge in [0.15, 0.2) is 0 Å². The molecule has 18 heavy (non-hydrogen) atoms. The van der Waals surface area contributed by atoms with Crippen molar-refractivity contribution >= 4 is 17.2 Å². The number of ether oxygens (including phenoxy) is 1. The van der Waals surface area contributed by atoms with Gasteiger partial charge in [-0.05, 0) is 49.4 Å². The highest BCUT2D eigenvalue weighted by atomic mass is 32.1. The largest absolute Gasteiger partial charge is 0.496 e. The number of piperidine rings is 1. The molecule has 1 aliphatic heterocycles. The Labute approximate surface area is 115 Å². The van der Waals surface area contributed by atoms with Crippen LogP contribution in [-0.2, 0) is 0 Å². The van der Waals surface area contributed by atoms with Gasteiger partial charge >= 0.3 is 0 Å². The highest BCUT2D eigenvalue weighted by molar-refractivity contribution is 7.80. The van der Waals surface area contributed by atoms with Crippen molar-refractivity contribution in [2.45, 2.75) is 26.7 Å². The minimum Gasteiger partial charge on any atom is -0.496 e. The van der Waals surface area contributed by atoms with E-state index in [0.29, 0.717) is 0 Å². The van der Waals surface area contributed by atoms with Crippen LogP contribution < -0.4 is 4.74 Å². The van der Waals surface area contributed by atoms with Gasteiger partial charge in [-0.2, -0.15) is 0 Å². The molecule has 3 heteroatoms. The van der Waals surface area contributed by atoms with Gasteiger partial charge in [0.05, 0.1) is 7.11 Å². The van der Waals surface area contributed by atoms with Crippen molar-refractivity contribution < 1.29 is 4.74 Å². The Hall–Kier alpha value is -1.09. The summed E-state index contributed by atoms with van der Waals surface area (Å²) in [5.74, 6) is 1.76. The first-order valence-electron chi connectivity index (χ1n) is 6.55. The molecule has 0 aromatic heterocycles. The van der Waals surface area contributed by atoms with Crippen LogP contribution in [-0.4, -0.2) is 30.1 Å². The van der Waals surface area contributed by atoms with Gasteiger partial charge in [-0.1, -0.05) is 19.1 Å². The molecule has 0 aliphatic carbocycles. The van der Waals surface area contributed by atoms with E-state index in [1.807, 2.05) is 6.07 Å². The molecule has 1 aromatic rings. The van der Waals surface area contributed by atoms with E-state index in [4.69, 9.17) is 17.0 Å². The van der Waals surface area contributed by atoms with Gasteiger partial charge in [0.1, 0.15) is 10.7 Å². The fourth-order valence-electron chi connectivity index (χ4n) is 2.41. The standard InChI is InChI=1S/C15H21NOS/c1-11-6-8-16(9-7-11)15(18)13-4-5-14(17-3)12(2)10-13/h4-5,10-11H,6-9H2,1-3H3. The van der Waals surface area contributed by atoms with E-state index in [-0.39, 0.29) is 0 Å². The molecular weight excluding hydrogens is 242 g/mol. The van der Waals surface area contributed by atoms with E-state index >= 15 is 0 Å². The zero-order valence-corrected chi connectivity index (χ0v) is 12.2. The van der Waals surface area contributed by atoms with E-state index in [0.717, 1.165) is 40.9 Å². The lowest BCUT2D eigenvalue weighted by atomic mass is 9.98. The van der Waals surface area contributed by atoms with Crippen molar-refractivity contribution in [1.82, 2.24) is 4.90 Å². The SMILES string of the molecule is COc1ccc(C(=S)N2CCC(C)CC2)cc1C. The van der Waals surface area contributed by atoms with Crippen molar-refractivity contribution in [3.05, 3.63) is 29.3 Å². The van der Waals surface area contributed by atoms with Gasteiger partial charge < -0.3 is 9.64 Å². The first-order chi connectivity index (χ1) is 8.61. The molecule has 0 spiro atoms. The predicted molar refractivity (Wildman–Crippen MR) is 79.4 cm³/mol. The third-order valence-corrected chi connectivity index (χ3v) is 4.21. The lowest BCUT2D eigenvalue weighted by Crippen LogP contribution is -2.37. The van der Waals surface area contributed by atoms with Crippen LogP contribution in [0.25, 0.3) is 0 Å². The average molecular weight is 263 g/mol. The van der Waals surface area contributed by atoms with E-state index in [1.165, 1.54) is 12.8 Å². The van der Waals surface area contributed by atoms with Crippen molar-refractivity contribution in [2.24, 2.45) is 5.92 Å². The monoisotopic (exact) mass is 263 g/mol. The number of rotatable bonds is 2. The van der Waals surface area contributed by atoms with Crippen LogP contribution in [0.1, 0.15) is 30.9 Å². The van der Waals surface area contributed by atoms with Crippen LogP contribution in [0.4, 0.5) is 0 Å². The summed E-state index contributed by atoms with van der Waals surface area (Å²) in [5, 5.41) is 0. The summed E-state index contributed by atoms with van der Waals surface area (Å²) in [4.78, 5) is 3.31. The third kappa shape index (κ3) is 2.83. The number of aryl methyl sites for hydroxylation is 1. The molecule has 0 bridgehead atoms. The molecule has 0 radical (unpaired) electrons. The van der Waals surface area contributed by atoms with Crippen molar-refractivity contribution in [2.75, 3.05) is 20.2 Å². The van der Waals surface area contributed by atoms with Crippen LogP contribution >= 0.6 is 12.2 Å². The van der Waals surface area contributed by atoms with E-state index in [1.54, 1.807) is 7.11 Å². The van der Waals surface area contributed by atoms with E-state index < -0.39 is 0 Å². The summed E-state index contributed by atoms with van der Waals surface area (Å²) in [5.41, 5.74) is 2.28. The molecule has 1 aromatic carbocycles. The van der Waals surface area contributed by atoms with Gasteiger partial charge in [-0.25, -0.2) is 0 Å². The number of thiocarbonyl (C=S) groups is 1. The lowest BCUT2D eigenvalue weighted by Gasteiger charge is -2.32. The summed E-state index contributed by atoms with van der Waals surface area (Å²) in [6, 6.07) is 6.19. The Balaban J connectivity index is 2.11. The zero-order chi connectivity index (χ0) is 13.1. The highest BCUT2D eigenvalue weighted by Crippen LogP contribution is 2.22. The molecule has 98 valence electrons. The summed E-state index contributed by atoms with van der Waals surface area (Å²) >= 11 is 5.60. The Morgan fingerprint density at radius 2 is 2.00 bits per heavy atom. The Morgan fingerprint density at radius 3 is 2.56 bits per heavy atom. The van der Waals surface area contributed by atoms with E-state index in [2.05, 4.69) is 30.9 Å². The Bertz CT molecular complexity index is 436. The Morgan fingerprint density at radius 1 is 1.33 bits per heavy atom.